The lowest BCUT2D eigenvalue weighted by Gasteiger charge is -2.11. The zero-order chi connectivity index (χ0) is 21.8. The van der Waals surface area contributed by atoms with Crippen molar-refractivity contribution in [3.63, 3.8) is 0 Å². The fourth-order valence-corrected chi connectivity index (χ4v) is 3.71. The van der Waals surface area contributed by atoms with Crippen molar-refractivity contribution in [1.29, 1.82) is 0 Å². The van der Waals surface area contributed by atoms with Gasteiger partial charge in [-0.1, -0.05) is 0 Å². The maximum atomic E-state index is 12.7. The quantitative estimate of drug-likeness (QED) is 0.496. The molecule has 0 radical (unpaired) electrons. The molecule has 158 valence electrons. The number of benzene rings is 1. The largest absolute Gasteiger partial charge is 0.756 e. The monoisotopic (exact) mass is 442 g/mol. The highest BCUT2D eigenvalue weighted by Crippen LogP contribution is 2.26. The summed E-state index contributed by atoms with van der Waals surface area (Å²) in [5.41, 5.74) is 4.16. The van der Waals surface area contributed by atoms with E-state index >= 15 is 0 Å². The average molecular weight is 442 g/mol. The number of aromatic amines is 1. The number of imidazole rings is 1. The van der Waals surface area contributed by atoms with E-state index in [9.17, 15) is 4.21 Å². The van der Waals surface area contributed by atoms with Crippen LogP contribution in [0.2, 0.25) is 0 Å². The minimum atomic E-state index is -4.89. The number of H-pyrrole nitrogens is 1. The second-order valence-corrected chi connectivity index (χ2v) is 8.30. The Kier molecular flexibility index (Phi) is 7.50. The molecule has 10 nitrogen and oxygen atoms in total. The summed E-state index contributed by atoms with van der Waals surface area (Å²) in [5, 5.41) is 0.430. The van der Waals surface area contributed by atoms with E-state index in [0.29, 0.717) is 5.16 Å². The molecule has 0 bridgehead atoms. The third-order valence-electron chi connectivity index (χ3n) is 3.90. The Balaban J connectivity index is 0.000000537. The van der Waals surface area contributed by atoms with E-state index in [1.165, 1.54) is 0 Å². The molecule has 1 atom stereocenters. The molecule has 29 heavy (non-hydrogen) atoms. The molecule has 0 aliphatic carbocycles. The molecule has 0 aliphatic rings. The summed E-state index contributed by atoms with van der Waals surface area (Å²) in [5.74, 6) is 1.79. The van der Waals surface area contributed by atoms with E-state index in [1.807, 2.05) is 32.0 Å². The number of rotatable bonds is 5. The average Bonchev–Trinajstić information content (AvgIpc) is 3.06. The van der Waals surface area contributed by atoms with Gasteiger partial charge < -0.3 is 29.1 Å². The lowest BCUT2D eigenvalue weighted by molar-refractivity contribution is -0.214. The highest BCUT2D eigenvalue weighted by Gasteiger charge is 2.16. The molecule has 0 spiro atoms. The number of pyridine rings is 1. The van der Waals surface area contributed by atoms with Crippen molar-refractivity contribution in [3.8, 4) is 11.5 Å². The van der Waals surface area contributed by atoms with Gasteiger partial charge in [-0.05, 0) is 26.0 Å². The highest BCUT2D eigenvalue weighted by atomic mass is 32.2. The van der Waals surface area contributed by atoms with E-state index in [2.05, 4.69) is 15.0 Å². The minimum absolute atomic E-state index is 0.277. The Hall–Kier alpha value is -2.30. The molecule has 2 heterocycles. The van der Waals surface area contributed by atoms with Crippen molar-refractivity contribution in [2.45, 2.75) is 24.8 Å². The zero-order valence-corrected chi connectivity index (χ0v) is 17.9. The van der Waals surface area contributed by atoms with Gasteiger partial charge in [0.15, 0.2) is 5.16 Å². The number of methoxy groups -OCH3 is 2. The summed E-state index contributed by atoms with van der Waals surface area (Å²) in [6, 6.07) is 5.50. The normalized spacial score (nSPS) is 12.2. The standard InChI is InChI=1S/C17H19N3O3S.H3O4P/c1-10-8-18-15(11(2)16(10)23-4)9-24(21)17-19-13-6-5-12(22-3)7-14(13)20-17;1-5(2,3)4/h5-8H,9H2,1-4H3,(H,19,20);(H3,1,2,3,4)/p-1/t24-;/m0./s1. The molecular weight excluding hydrogens is 421 g/mol. The van der Waals surface area contributed by atoms with Crippen LogP contribution in [0.4, 0.5) is 0 Å². The van der Waals surface area contributed by atoms with Crippen LogP contribution in [0.15, 0.2) is 29.6 Å². The molecule has 0 aliphatic heterocycles. The predicted molar refractivity (Wildman–Crippen MR) is 105 cm³/mol. The first-order chi connectivity index (χ1) is 13.5. The third kappa shape index (κ3) is 6.34. The van der Waals surface area contributed by atoms with Gasteiger partial charge in [-0.3, -0.25) is 13.8 Å². The first kappa shape index (κ1) is 23.0. The molecule has 0 amide bonds. The molecule has 3 rings (SSSR count). The fourth-order valence-electron chi connectivity index (χ4n) is 2.61. The Morgan fingerprint density at radius 2 is 1.90 bits per heavy atom. The van der Waals surface area contributed by atoms with Gasteiger partial charge in [0.25, 0.3) is 7.82 Å². The van der Waals surface area contributed by atoms with Crippen LogP contribution >= 0.6 is 7.82 Å². The Bertz CT molecular complexity index is 1070. The third-order valence-corrected chi connectivity index (χ3v) is 5.06. The fraction of sp³-hybridized carbons (Fsp3) is 0.294. The first-order valence-electron chi connectivity index (χ1n) is 8.21. The van der Waals surface area contributed by atoms with Crippen molar-refractivity contribution in [2.24, 2.45) is 0 Å². The highest BCUT2D eigenvalue weighted by molar-refractivity contribution is 7.84. The lowest BCUT2D eigenvalue weighted by atomic mass is 10.1. The SMILES string of the molecule is COc1ccc2nc([S@@](=O)Cc3ncc(C)c(OC)c3C)[nH]c2c1.O=P([O-])(O)O. The maximum Gasteiger partial charge on any atom is 0.262 e. The predicted octanol–water partition coefficient (Wildman–Crippen LogP) is 1.34. The number of nitrogens with one attached hydrogen (secondary N) is 1. The van der Waals surface area contributed by atoms with Gasteiger partial charge in [-0.25, -0.2) is 4.98 Å². The van der Waals surface area contributed by atoms with E-state index in [1.54, 1.807) is 20.4 Å². The number of phosphoric acid groups is 1. The summed E-state index contributed by atoms with van der Waals surface area (Å²) < 4.78 is 32.0. The van der Waals surface area contributed by atoms with Crippen LogP contribution in [-0.4, -0.2) is 43.2 Å². The summed E-state index contributed by atoms with van der Waals surface area (Å²) in [4.78, 5) is 34.8. The maximum absolute atomic E-state index is 12.7. The smallest absolute Gasteiger partial charge is 0.262 e. The van der Waals surface area contributed by atoms with Crippen LogP contribution in [-0.2, 0) is 21.1 Å². The first-order valence-corrected chi connectivity index (χ1v) is 11.1. The molecule has 12 heteroatoms. The minimum Gasteiger partial charge on any atom is -0.756 e. The van der Waals surface area contributed by atoms with E-state index in [-0.39, 0.29) is 5.75 Å². The summed E-state index contributed by atoms with van der Waals surface area (Å²) in [7, 11) is -2.98. The van der Waals surface area contributed by atoms with Gasteiger partial charge in [0.2, 0.25) is 0 Å². The zero-order valence-electron chi connectivity index (χ0n) is 16.2. The molecule has 3 N–H and O–H groups in total. The van der Waals surface area contributed by atoms with Gasteiger partial charge in [-0.2, -0.15) is 0 Å². The topological polar surface area (TPSA) is 158 Å². The van der Waals surface area contributed by atoms with Gasteiger partial charge in [0.05, 0.1) is 47.5 Å². The van der Waals surface area contributed by atoms with Crippen molar-refractivity contribution < 1.29 is 32.9 Å². The number of ether oxygens (including phenoxy) is 2. The van der Waals surface area contributed by atoms with Crippen molar-refractivity contribution in [3.05, 3.63) is 41.2 Å². The van der Waals surface area contributed by atoms with Crippen molar-refractivity contribution in [1.82, 2.24) is 15.0 Å². The molecule has 1 aromatic carbocycles. The number of nitrogens with zero attached hydrogens (tertiary/aromatic N) is 2. The van der Waals surface area contributed by atoms with Crippen LogP contribution in [0.3, 0.4) is 0 Å². The van der Waals surface area contributed by atoms with E-state index in [4.69, 9.17) is 28.7 Å². The Morgan fingerprint density at radius 3 is 2.48 bits per heavy atom. The van der Waals surface area contributed by atoms with Crippen LogP contribution in [0, 0.1) is 13.8 Å². The Morgan fingerprint density at radius 1 is 1.24 bits per heavy atom. The molecule has 0 saturated heterocycles. The van der Waals surface area contributed by atoms with Crippen LogP contribution in [0.1, 0.15) is 16.8 Å². The molecular formula is C17H21N3O7PS-. The molecule has 2 aromatic heterocycles. The molecule has 0 fully saturated rings. The number of hydrogen-bond acceptors (Lipinski definition) is 7. The lowest BCUT2D eigenvalue weighted by Crippen LogP contribution is -2.05. The van der Waals surface area contributed by atoms with E-state index in [0.717, 1.165) is 39.4 Å². The summed E-state index contributed by atoms with van der Waals surface area (Å²) in [6.07, 6.45) is 1.74. The van der Waals surface area contributed by atoms with Gasteiger partial charge in [-0.15, -0.1) is 0 Å². The van der Waals surface area contributed by atoms with Crippen LogP contribution < -0.4 is 14.4 Å². The van der Waals surface area contributed by atoms with Crippen LogP contribution in [0.5, 0.6) is 11.5 Å². The molecule has 0 unspecified atom stereocenters. The second kappa shape index (κ2) is 9.47. The number of hydrogen-bond donors (Lipinski definition) is 3. The van der Waals surface area contributed by atoms with Gasteiger partial charge >= 0.3 is 0 Å². The number of aryl methyl sites for hydroxylation is 1. The number of aromatic nitrogens is 3. The van der Waals surface area contributed by atoms with Crippen molar-refractivity contribution >= 4 is 29.7 Å². The molecule has 0 saturated carbocycles. The summed E-state index contributed by atoms with van der Waals surface area (Å²) >= 11 is 0. The van der Waals surface area contributed by atoms with Crippen LogP contribution in [0.25, 0.3) is 11.0 Å². The van der Waals surface area contributed by atoms with Gasteiger partial charge in [0.1, 0.15) is 11.5 Å². The Labute approximate surface area is 169 Å². The molecule has 3 aromatic rings. The van der Waals surface area contributed by atoms with Crippen molar-refractivity contribution in [2.75, 3.05) is 14.2 Å². The summed E-state index contributed by atoms with van der Waals surface area (Å²) in [6.45, 7) is 3.86. The second-order valence-electron chi connectivity index (χ2n) is 5.95. The van der Waals surface area contributed by atoms with E-state index < -0.39 is 18.6 Å². The van der Waals surface area contributed by atoms with Gasteiger partial charge in [0, 0.05) is 23.4 Å². The number of fused-ring (bicyclic) bond motifs is 1.